The lowest BCUT2D eigenvalue weighted by Gasteiger charge is -2.39. The summed E-state index contributed by atoms with van der Waals surface area (Å²) >= 11 is 0. The fourth-order valence-corrected chi connectivity index (χ4v) is 2.62. The number of aromatic nitrogens is 1. The summed E-state index contributed by atoms with van der Waals surface area (Å²) < 4.78 is 0. The summed E-state index contributed by atoms with van der Waals surface area (Å²) in [5.74, 6) is -0.441. The van der Waals surface area contributed by atoms with E-state index < -0.39 is 5.97 Å². The van der Waals surface area contributed by atoms with Crippen molar-refractivity contribution >= 4 is 11.8 Å². The first-order valence-electron chi connectivity index (χ1n) is 6.45. The van der Waals surface area contributed by atoms with E-state index in [2.05, 4.69) is 24.1 Å². The van der Waals surface area contributed by atoms with Gasteiger partial charge in [0.1, 0.15) is 11.4 Å². The molecule has 2 N–H and O–H groups in total. The Kier molecular flexibility index (Phi) is 3.55. The predicted molar refractivity (Wildman–Crippen MR) is 70.9 cm³/mol. The molecule has 0 saturated heterocycles. The van der Waals surface area contributed by atoms with Crippen molar-refractivity contribution in [3.05, 3.63) is 23.9 Å². The van der Waals surface area contributed by atoms with Crippen LogP contribution in [0.5, 0.6) is 0 Å². The van der Waals surface area contributed by atoms with Crippen molar-refractivity contribution in [1.29, 1.82) is 0 Å². The number of nitrogens with one attached hydrogen (secondary N) is 1. The van der Waals surface area contributed by atoms with Crippen LogP contribution in [-0.2, 0) is 0 Å². The standard InChI is InChI=1S/C14H20N2O2/c1-14(2)8-4-3-7-11(14)16-12-10(13(17)18)6-5-9-15-12/h5-6,9,11H,3-4,7-8H2,1-2H3,(H,15,16)(H,17,18). The first-order chi connectivity index (χ1) is 8.50. The molecule has 0 aliphatic heterocycles. The van der Waals surface area contributed by atoms with Crippen LogP contribution in [0.2, 0.25) is 0 Å². The first kappa shape index (κ1) is 12.9. The number of aromatic carboxylic acids is 1. The van der Waals surface area contributed by atoms with Crippen LogP contribution in [0.3, 0.4) is 0 Å². The topological polar surface area (TPSA) is 62.2 Å². The summed E-state index contributed by atoms with van der Waals surface area (Å²) in [6.45, 7) is 4.46. The lowest BCUT2D eigenvalue weighted by Crippen LogP contribution is -2.39. The fourth-order valence-electron chi connectivity index (χ4n) is 2.62. The Labute approximate surface area is 107 Å². The van der Waals surface area contributed by atoms with Gasteiger partial charge in [0.05, 0.1) is 0 Å². The molecule has 18 heavy (non-hydrogen) atoms. The number of carbonyl (C=O) groups is 1. The molecule has 1 aliphatic rings. The normalized spacial score (nSPS) is 22.4. The predicted octanol–water partition coefficient (Wildman–Crippen LogP) is 3.16. The van der Waals surface area contributed by atoms with Crippen LogP contribution in [-0.4, -0.2) is 22.1 Å². The summed E-state index contributed by atoms with van der Waals surface area (Å²) in [5.41, 5.74) is 0.435. The Morgan fingerprint density at radius 2 is 2.28 bits per heavy atom. The van der Waals surface area contributed by atoms with Crippen LogP contribution in [0, 0.1) is 5.41 Å². The second-order valence-corrected chi connectivity index (χ2v) is 5.64. The zero-order chi connectivity index (χ0) is 13.2. The van der Waals surface area contributed by atoms with Gasteiger partial charge in [0.15, 0.2) is 0 Å². The van der Waals surface area contributed by atoms with Gasteiger partial charge in [-0.2, -0.15) is 0 Å². The maximum absolute atomic E-state index is 11.1. The van der Waals surface area contributed by atoms with Crippen molar-refractivity contribution in [2.75, 3.05) is 5.32 Å². The van der Waals surface area contributed by atoms with Gasteiger partial charge in [0.2, 0.25) is 0 Å². The fraction of sp³-hybridized carbons (Fsp3) is 0.571. The van der Waals surface area contributed by atoms with E-state index in [4.69, 9.17) is 5.11 Å². The van der Waals surface area contributed by atoms with Crippen LogP contribution < -0.4 is 5.32 Å². The van der Waals surface area contributed by atoms with Crippen molar-refractivity contribution in [3.8, 4) is 0 Å². The highest BCUT2D eigenvalue weighted by molar-refractivity contribution is 5.93. The molecule has 0 aromatic carbocycles. The highest BCUT2D eigenvalue weighted by Crippen LogP contribution is 2.37. The molecule has 0 radical (unpaired) electrons. The molecular weight excluding hydrogens is 228 g/mol. The quantitative estimate of drug-likeness (QED) is 0.862. The lowest BCUT2D eigenvalue weighted by atomic mass is 9.73. The van der Waals surface area contributed by atoms with Gasteiger partial charge in [-0.05, 0) is 30.4 Å². The summed E-state index contributed by atoms with van der Waals surface area (Å²) in [5, 5.41) is 12.5. The van der Waals surface area contributed by atoms with Crippen LogP contribution in [0.4, 0.5) is 5.82 Å². The molecule has 0 bridgehead atoms. The molecule has 1 unspecified atom stereocenters. The highest BCUT2D eigenvalue weighted by Gasteiger charge is 2.32. The summed E-state index contributed by atoms with van der Waals surface area (Å²) in [6, 6.07) is 3.54. The molecule has 0 amide bonds. The molecule has 0 spiro atoms. The number of hydrogen-bond donors (Lipinski definition) is 2. The van der Waals surface area contributed by atoms with Gasteiger partial charge in [-0.1, -0.05) is 26.7 Å². The molecular formula is C14H20N2O2. The van der Waals surface area contributed by atoms with E-state index in [0.29, 0.717) is 11.9 Å². The SMILES string of the molecule is CC1(C)CCCCC1Nc1ncccc1C(=O)O. The summed E-state index contributed by atoms with van der Waals surface area (Å²) in [6.07, 6.45) is 6.31. The number of hydrogen-bond acceptors (Lipinski definition) is 3. The minimum atomic E-state index is -0.931. The Morgan fingerprint density at radius 3 is 2.94 bits per heavy atom. The molecule has 1 saturated carbocycles. The molecule has 1 atom stereocenters. The molecule has 1 fully saturated rings. The van der Waals surface area contributed by atoms with E-state index in [1.165, 1.54) is 19.3 Å². The van der Waals surface area contributed by atoms with E-state index in [0.717, 1.165) is 6.42 Å². The van der Waals surface area contributed by atoms with Gasteiger partial charge < -0.3 is 10.4 Å². The van der Waals surface area contributed by atoms with Crippen molar-refractivity contribution in [2.45, 2.75) is 45.6 Å². The Bertz CT molecular complexity index is 443. The number of anilines is 1. The minimum absolute atomic E-state index is 0.186. The Hall–Kier alpha value is -1.58. The zero-order valence-electron chi connectivity index (χ0n) is 10.9. The Morgan fingerprint density at radius 1 is 1.50 bits per heavy atom. The summed E-state index contributed by atoms with van der Waals surface area (Å²) in [4.78, 5) is 15.3. The number of nitrogens with zero attached hydrogens (tertiary/aromatic N) is 1. The Balaban J connectivity index is 2.21. The molecule has 4 heteroatoms. The van der Waals surface area contributed by atoms with Gasteiger partial charge in [-0.3, -0.25) is 0 Å². The van der Waals surface area contributed by atoms with Crippen molar-refractivity contribution < 1.29 is 9.90 Å². The third-order valence-corrected chi connectivity index (χ3v) is 3.86. The maximum Gasteiger partial charge on any atom is 0.339 e. The number of rotatable bonds is 3. The molecule has 2 rings (SSSR count). The van der Waals surface area contributed by atoms with E-state index in [9.17, 15) is 4.79 Å². The van der Waals surface area contributed by atoms with E-state index in [1.807, 2.05) is 0 Å². The lowest BCUT2D eigenvalue weighted by molar-refractivity contribution is 0.0697. The van der Waals surface area contributed by atoms with Crippen molar-refractivity contribution in [3.63, 3.8) is 0 Å². The van der Waals surface area contributed by atoms with Gasteiger partial charge >= 0.3 is 5.97 Å². The largest absolute Gasteiger partial charge is 0.478 e. The third-order valence-electron chi connectivity index (χ3n) is 3.86. The zero-order valence-corrected chi connectivity index (χ0v) is 10.9. The maximum atomic E-state index is 11.1. The molecule has 1 aliphatic carbocycles. The number of carboxylic acid groups (broad SMARTS) is 1. The van der Waals surface area contributed by atoms with Crippen molar-refractivity contribution in [1.82, 2.24) is 4.98 Å². The van der Waals surface area contributed by atoms with Gasteiger partial charge in [0.25, 0.3) is 0 Å². The van der Waals surface area contributed by atoms with Gasteiger partial charge in [-0.15, -0.1) is 0 Å². The van der Waals surface area contributed by atoms with Crippen LogP contribution in [0.25, 0.3) is 0 Å². The average Bonchev–Trinajstić information content (AvgIpc) is 2.32. The van der Waals surface area contributed by atoms with Crippen molar-refractivity contribution in [2.24, 2.45) is 5.41 Å². The second kappa shape index (κ2) is 4.96. The smallest absolute Gasteiger partial charge is 0.339 e. The van der Waals surface area contributed by atoms with E-state index >= 15 is 0 Å². The van der Waals surface area contributed by atoms with Crippen LogP contribution >= 0.6 is 0 Å². The third kappa shape index (κ3) is 2.63. The van der Waals surface area contributed by atoms with Crippen LogP contribution in [0.1, 0.15) is 49.9 Å². The minimum Gasteiger partial charge on any atom is -0.478 e. The number of pyridine rings is 1. The number of carboxylic acids is 1. The van der Waals surface area contributed by atoms with E-state index in [-0.39, 0.29) is 11.0 Å². The second-order valence-electron chi connectivity index (χ2n) is 5.64. The molecule has 1 heterocycles. The average molecular weight is 248 g/mol. The molecule has 4 nitrogen and oxygen atoms in total. The van der Waals surface area contributed by atoms with Crippen LogP contribution in [0.15, 0.2) is 18.3 Å². The van der Waals surface area contributed by atoms with E-state index in [1.54, 1.807) is 18.3 Å². The highest BCUT2D eigenvalue weighted by atomic mass is 16.4. The molecule has 1 aromatic rings. The van der Waals surface area contributed by atoms with Gasteiger partial charge in [-0.25, -0.2) is 9.78 Å². The molecule has 98 valence electrons. The van der Waals surface area contributed by atoms with Gasteiger partial charge in [0, 0.05) is 12.2 Å². The monoisotopic (exact) mass is 248 g/mol. The first-order valence-corrected chi connectivity index (χ1v) is 6.45. The summed E-state index contributed by atoms with van der Waals surface area (Å²) in [7, 11) is 0. The molecule has 1 aromatic heterocycles.